The minimum atomic E-state index is -5.13. The third-order valence-electron chi connectivity index (χ3n) is 1.96. The smallest absolute Gasteiger partial charge is 0.489 e. The monoisotopic (exact) mass is 233 g/mol. The molecule has 16 heavy (non-hydrogen) atoms. The van der Waals surface area contributed by atoms with Crippen LogP contribution in [0.2, 0.25) is 0 Å². The lowest BCUT2D eigenvalue weighted by Crippen LogP contribution is -2.23. The molecule has 0 aromatic heterocycles. The first kappa shape index (κ1) is 12.6. The van der Waals surface area contributed by atoms with Crippen LogP contribution in [0.5, 0.6) is 5.75 Å². The summed E-state index contributed by atoms with van der Waals surface area (Å²) in [5.74, 6) is -0.880. The van der Waals surface area contributed by atoms with E-state index in [4.69, 9.17) is 4.74 Å². The minimum absolute atomic E-state index is 0.193. The highest BCUT2D eigenvalue weighted by Gasteiger charge is 2.27. The first-order valence-corrected chi connectivity index (χ1v) is 4.57. The standard InChI is InChI=1S/C10H10BF4O/c1-7-3-4-9(12)10(5-7)16-6-8(2)11(13,14)15/h3-5H,2,6H2,1H3/q-1. The second kappa shape index (κ2) is 4.59. The number of hydrogen-bond acceptors (Lipinski definition) is 1. The summed E-state index contributed by atoms with van der Waals surface area (Å²) in [6.07, 6.45) is 0. The highest BCUT2D eigenvalue weighted by atomic mass is 19.4. The van der Waals surface area contributed by atoms with E-state index in [1.165, 1.54) is 12.1 Å². The summed E-state index contributed by atoms with van der Waals surface area (Å²) in [4.78, 5) is 0. The van der Waals surface area contributed by atoms with Crippen molar-refractivity contribution in [3.8, 4) is 5.75 Å². The molecule has 1 nitrogen and oxygen atoms in total. The first-order valence-electron chi connectivity index (χ1n) is 4.57. The average molecular weight is 233 g/mol. The Bertz CT molecular complexity index is 400. The van der Waals surface area contributed by atoms with Crippen LogP contribution in [0.25, 0.3) is 0 Å². The van der Waals surface area contributed by atoms with E-state index < -0.39 is 24.9 Å². The van der Waals surface area contributed by atoms with E-state index in [1.54, 1.807) is 6.92 Å². The number of hydrogen-bond donors (Lipinski definition) is 0. The van der Waals surface area contributed by atoms with E-state index in [2.05, 4.69) is 6.58 Å². The van der Waals surface area contributed by atoms with Gasteiger partial charge in [-0.15, -0.1) is 12.1 Å². The molecule has 0 unspecified atom stereocenters. The first-order chi connectivity index (χ1) is 7.30. The topological polar surface area (TPSA) is 9.23 Å². The number of rotatable bonds is 4. The molecule has 0 aliphatic carbocycles. The van der Waals surface area contributed by atoms with Crippen molar-refractivity contribution in [3.63, 3.8) is 0 Å². The third-order valence-corrected chi connectivity index (χ3v) is 1.96. The van der Waals surface area contributed by atoms with Crippen LogP contribution in [0, 0.1) is 12.7 Å². The number of aryl methyl sites for hydroxylation is 1. The zero-order valence-corrected chi connectivity index (χ0v) is 8.64. The van der Waals surface area contributed by atoms with Crippen molar-refractivity contribution >= 4 is 6.98 Å². The maximum absolute atomic E-state index is 13.1. The van der Waals surface area contributed by atoms with E-state index in [9.17, 15) is 17.3 Å². The van der Waals surface area contributed by atoms with E-state index >= 15 is 0 Å². The summed E-state index contributed by atoms with van der Waals surface area (Å²) in [7, 11) is 0. The summed E-state index contributed by atoms with van der Waals surface area (Å²) in [5.41, 5.74) is -0.277. The Hall–Kier alpha value is -1.46. The molecule has 0 atom stereocenters. The highest BCUT2D eigenvalue weighted by Crippen LogP contribution is 2.22. The van der Waals surface area contributed by atoms with Gasteiger partial charge in [0.15, 0.2) is 11.6 Å². The molecule has 0 amide bonds. The van der Waals surface area contributed by atoms with Crippen molar-refractivity contribution in [2.24, 2.45) is 0 Å². The Morgan fingerprint density at radius 1 is 1.38 bits per heavy atom. The van der Waals surface area contributed by atoms with Gasteiger partial charge in [0.1, 0.15) is 0 Å². The zero-order valence-electron chi connectivity index (χ0n) is 8.64. The SMILES string of the molecule is C=C(COc1cc(C)ccc1F)[B-](F)(F)F. The quantitative estimate of drug-likeness (QED) is 0.571. The second-order valence-electron chi connectivity index (χ2n) is 3.46. The molecule has 6 heteroatoms. The van der Waals surface area contributed by atoms with Crippen molar-refractivity contribution in [1.82, 2.24) is 0 Å². The van der Waals surface area contributed by atoms with Crippen molar-refractivity contribution in [1.29, 1.82) is 0 Å². The molecule has 1 aromatic carbocycles. The fourth-order valence-electron chi connectivity index (χ4n) is 0.986. The average Bonchev–Trinajstić information content (AvgIpc) is 2.17. The van der Waals surface area contributed by atoms with Crippen LogP contribution in [0.3, 0.4) is 0 Å². The van der Waals surface area contributed by atoms with Crippen molar-refractivity contribution in [2.45, 2.75) is 6.92 Å². The number of halogens is 4. The predicted octanol–water partition coefficient (Wildman–Crippen LogP) is 3.46. The van der Waals surface area contributed by atoms with Gasteiger partial charge >= 0.3 is 6.98 Å². The molecule has 1 aromatic rings. The van der Waals surface area contributed by atoms with Gasteiger partial charge in [-0.2, -0.15) is 0 Å². The molecule has 88 valence electrons. The van der Waals surface area contributed by atoms with Gasteiger partial charge in [0.2, 0.25) is 0 Å². The van der Waals surface area contributed by atoms with Crippen LogP contribution in [-0.4, -0.2) is 13.6 Å². The van der Waals surface area contributed by atoms with Crippen LogP contribution in [0.4, 0.5) is 17.3 Å². The Labute approximate surface area is 90.8 Å². The Morgan fingerprint density at radius 3 is 2.56 bits per heavy atom. The summed E-state index contributed by atoms with van der Waals surface area (Å²) in [6.45, 7) is -1.34. The zero-order chi connectivity index (χ0) is 12.3. The van der Waals surface area contributed by atoms with Crippen LogP contribution < -0.4 is 4.74 Å². The molecule has 0 saturated carbocycles. The van der Waals surface area contributed by atoms with E-state index in [0.29, 0.717) is 5.56 Å². The molecule has 0 radical (unpaired) electrons. The largest absolute Gasteiger partial charge is 0.508 e. The van der Waals surface area contributed by atoms with Gasteiger partial charge < -0.3 is 17.7 Å². The normalized spacial score (nSPS) is 11.3. The number of ether oxygens (including phenoxy) is 1. The summed E-state index contributed by atoms with van der Waals surface area (Å²) < 4.78 is 54.2. The van der Waals surface area contributed by atoms with Gasteiger partial charge in [-0.25, -0.2) is 4.39 Å². The van der Waals surface area contributed by atoms with Crippen molar-refractivity contribution in [2.75, 3.05) is 6.61 Å². The van der Waals surface area contributed by atoms with Crippen molar-refractivity contribution in [3.05, 3.63) is 41.6 Å². The Balaban J connectivity index is 2.68. The van der Waals surface area contributed by atoms with Crippen LogP contribution in [0.1, 0.15) is 5.56 Å². The lowest BCUT2D eigenvalue weighted by atomic mass is 9.81. The Kier molecular flexibility index (Phi) is 3.62. The Morgan fingerprint density at radius 2 is 2.00 bits per heavy atom. The molecule has 0 aliphatic heterocycles. The number of benzene rings is 1. The van der Waals surface area contributed by atoms with Crippen molar-refractivity contribution < 1.29 is 22.1 Å². The molecule has 0 bridgehead atoms. The lowest BCUT2D eigenvalue weighted by Gasteiger charge is -2.18. The third kappa shape index (κ3) is 3.29. The fourth-order valence-corrected chi connectivity index (χ4v) is 0.986. The van der Waals surface area contributed by atoms with Crippen LogP contribution >= 0.6 is 0 Å². The molecular formula is C10H10BF4O-. The van der Waals surface area contributed by atoms with Crippen LogP contribution in [0.15, 0.2) is 30.3 Å². The highest BCUT2D eigenvalue weighted by molar-refractivity contribution is 6.66. The van der Waals surface area contributed by atoms with Gasteiger partial charge in [-0.1, -0.05) is 6.07 Å². The summed E-state index contributed by atoms with van der Waals surface area (Å²) in [5, 5.41) is 0. The molecule has 0 fully saturated rings. The maximum Gasteiger partial charge on any atom is 0.508 e. The molecule has 0 saturated heterocycles. The minimum Gasteiger partial charge on any atom is -0.489 e. The summed E-state index contributed by atoms with van der Waals surface area (Å²) in [6, 6.07) is 3.99. The van der Waals surface area contributed by atoms with E-state index in [0.717, 1.165) is 6.07 Å². The van der Waals surface area contributed by atoms with Gasteiger partial charge in [0, 0.05) is 0 Å². The predicted molar refractivity (Wildman–Crippen MR) is 54.9 cm³/mol. The molecule has 0 heterocycles. The van der Waals surface area contributed by atoms with Gasteiger partial charge in [-0.3, -0.25) is 0 Å². The van der Waals surface area contributed by atoms with E-state index in [-0.39, 0.29) is 5.75 Å². The molecule has 1 rings (SSSR count). The second-order valence-corrected chi connectivity index (χ2v) is 3.46. The fraction of sp³-hybridized carbons (Fsp3) is 0.200. The molecule has 0 aliphatic rings. The molecule has 0 spiro atoms. The van der Waals surface area contributed by atoms with Gasteiger partial charge in [0.05, 0.1) is 6.61 Å². The van der Waals surface area contributed by atoms with E-state index in [1.807, 2.05) is 0 Å². The summed E-state index contributed by atoms with van der Waals surface area (Å²) >= 11 is 0. The van der Waals surface area contributed by atoms with Gasteiger partial charge in [-0.05, 0) is 24.6 Å². The maximum atomic E-state index is 13.1. The van der Waals surface area contributed by atoms with Gasteiger partial charge in [0.25, 0.3) is 0 Å². The van der Waals surface area contributed by atoms with Crippen LogP contribution in [-0.2, 0) is 0 Å². The lowest BCUT2D eigenvalue weighted by molar-refractivity contribution is 0.328. The molecule has 0 N–H and O–H groups in total. The molecular weight excluding hydrogens is 223 g/mol.